The van der Waals surface area contributed by atoms with E-state index in [0.717, 1.165) is 25.5 Å². The molecule has 0 aliphatic rings. The van der Waals surface area contributed by atoms with Gasteiger partial charge in [0.25, 0.3) is 10.0 Å². The first-order valence-electron chi connectivity index (χ1n) is 14.9. The molecule has 0 aliphatic heterocycles. The topological polar surface area (TPSA) is 86.8 Å². The minimum absolute atomic E-state index is 0.0464. The molecule has 0 aliphatic carbocycles. The van der Waals surface area contributed by atoms with E-state index in [9.17, 15) is 18.0 Å². The minimum atomic E-state index is -4.21. The Labute approximate surface area is 285 Å². The summed E-state index contributed by atoms with van der Waals surface area (Å²) in [5, 5.41) is 3.49. The summed E-state index contributed by atoms with van der Waals surface area (Å²) >= 11 is 9.75. The first-order chi connectivity index (χ1) is 21.6. The number of carbonyl (C=O) groups excluding carboxylic acids is 2. The second-order valence-corrected chi connectivity index (χ2v) is 15.6. The van der Waals surface area contributed by atoms with Crippen LogP contribution in [0.1, 0.15) is 43.0 Å². The van der Waals surface area contributed by atoms with Gasteiger partial charge in [0.2, 0.25) is 11.8 Å². The monoisotopic (exact) mass is 723 g/mol. The number of sulfonamides is 1. The van der Waals surface area contributed by atoms with Gasteiger partial charge in [-0.15, -0.1) is 0 Å². The Morgan fingerprint density at radius 3 is 2.13 bits per heavy atom. The Balaban J connectivity index is 1.84. The molecule has 4 rings (SSSR count). The van der Waals surface area contributed by atoms with Crippen molar-refractivity contribution in [2.24, 2.45) is 0 Å². The van der Waals surface area contributed by atoms with E-state index in [1.54, 1.807) is 37.3 Å². The van der Waals surface area contributed by atoms with Gasteiger partial charge in [0.05, 0.1) is 10.6 Å². The molecule has 242 valence electrons. The van der Waals surface area contributed by atoms with Crippen molar-refractivity contribution in [2.45, 2.75) is 64.1 Å². The summed E-state index contributed by atoms with van der Waals surface area (Å²) in [5.41, 5.74) is 2.87. The lowest BCUT2D eigenvalue weighted by Crippen LogP contribution is -2.56. The SMILES string of the molecule is Cc1ccc(S(=O)(=O)N(CC(=O)N(Cc2cccc(Br)c2)[C@@H](Cc2ccccc2)C(=O)NC(C)(C)C)c2ccc(Cl)cc2C)cc1. The minimum Gasteiger partial charge on any atom is -0.350 e. The Kier molecular flexibility index (Phi) is 11.4. The van der Waals surface area contributed by atoms with Crippen LogP contribution in [0, 0.1) is 13.8 Å². The maximum atomic E-state index is 14.6. The molecule has 0 saturated heterocycles. The lowest BCUT2D eigenvalue weighted by atomic mass is 10.0. The molecule has 0 unspecified atom stereocenters. The Morgan fingerprint density at radius 1 is 0.870 bits per heavy atom. The number of hydrogen-bond acceptors (Lipinski definition) is 4. The number of benzene rings is 4. The molecule has 7 nitrogen and oxygen atoms in total. The molecule has 0 heterocycles. The zero-order valence-corrected chi connectivity index (χ0v) is 29.8. The van der Waals surface area contributed by atoms with Crippen LogP contribution >= 0.6 is 27.5 Å². The Bertz CT molecular complexity index is 1790. The summed E-state index contributed by atoms with van der Waals surface area (Å²) in [6, 6.07) is 27.4. The van der Waals surface area contributed by atoms with Gasteiger partial charge in [0, 0.05) is 28.0 Å². The first kappa shape index (κ1) is 35.2. The van der Waals surface area contributed by atoms with E-state index in [1.165, 1.54) is 17.0 Å². The smallest absolute Gasteiger partial charge is 0.264 e. The molecule has 0 aromatic heterocycles. The zero-order chi connectivity index (χ0) is 33.6. The third kappa shape index (κ3) is 9.21. The van der Waals surface area contributed by atoms with Crippen LogP contribution < -0.4 is 9.62 Å². The van der Waals surface area contributed by atoms with Crippen LogP contribution in [0.25, 0.3) is 0 Å². The number of rotatable bonds is 11. The molecule has 2 amide bonds. The van der Waals surface area contributed by atoms with Crippen LogP contribution in [0.5, 0.6) is 0 Å². The van der Waals surface area contributed by atoms with Crippen LogP contribution in [-0.2, 0) is 32.6 Å². The number of hydrogen-bond donors (Lipinski definition) is 1. The molecule has 4 aromatic carbocycles. The van der Waals surface area contributed by atoms with Gasteiger partial charge in [0.15, 0.2) is 0 Å². The molecule has 4 aromatic rings. The largest absolute Gasteiger partial charge is 0.350 e. The molecule has 10 heteroatoms. The molecule has 46 heavy (non-hydrogen) atoms. The molecule has 0 saturated carbocycles. The fraction of sp³-hybridized carbons (Fsp3) is 0.278. The van der Waals surface area contributed by atoms with E-state index in [2.05, 4.69) is 21.2 Å². The van der Waals surface area contributed by atoms with Gasteiger partial charge in [-0.2, -0.15) is 0 Å². The van der Waals surface area contributed by atoms with E-state index in [1.807, 2.05) is 82.3 Å². The summed E-state index contributed by atoms with van der Waals surface area (Å²) in [7, 11) is -4.21. The Morgan fingerprint density at radius 2 is 1.52 bits per heavy atom. The molecule has 1 atom stereocenters. The highest BCUT2D eigenvalue weighted by Gasteiger charge is 2.36. The normalized spacial score (nSPS) is 12.3. The van der Waals surface area contributed by atoms with E-state index in [-0.39, 0.29) is 23.8 Å². The molecule has 0 bridgehead atoms. The van der Waals surface area contributed by atoms with Crippen LogP contribution in [0.15, 0.2) is 106 Å². The molecule has 0 spiro atoms. The van der Waals surface area contributed by atoms with Gasteiger partial charge in [-0.25, -0.2) is 8.42 Å². The highest BCUT2D eigenvalue weighted by Crippen LogP contribution is 2.30. The number of aryl methyl sites for hydroxylation is 2. The number of nitrogens with zero attached hydrogens (tertiary/aromatic N) is 2. The molecular weight excluding hydrogens is 686 g/mol. The lowest BCUT2D eigenvalue weighted by Gasteiger charge is -2.35. The second kappa shape index (κ2) is 14.8. The van der Waals surface area contributed by atoms with E-state index < -0.39 is 34.1 Å². The quantitative estimate of drug-likeness (QED) is 0.174. The highest BCUT2D eigenvalue weighted by atomic mass is 79.9. The number of anilines is 1. The van der Waals surface area contributed by atoms with E-state index in [0.29, 0.717) is 16.3 Å². The summed E-state index contributed by atoms with van der Waals surface area (Å²) in [5.74, 6) is -0.870. The van der Waals surface area contributed by atoms with Crippen molar-refractivity contribution in [3.8, 4) is 0 Å². The van der Waals surface area contributed by atoms with Crippen molar-refractivity contribution in [2.75, 3.05) is 10.8 Å². The lowest BCUT2D eigenvalue weighted by molar-refractivity contribution is -0.140. The fourth-order valence-corrected chi connectivity index (χ4v) is 7.24. The third-order valence-electron chi connectivity index (χ3n) is 7.33. The predicted octanol–water partition coefficient (Wildman–Crippen LogP) is 7.47. The van der Waals surface area contributed by atoms with Crippen LogP contribution in [0.4, 0.5) is 5.69 Å². The maximum absolute atomic E-state index is 14.6. The third-order valence-corrected chi connectivity index (χ3v) is 9.83. The maximum Gasteiger partial charge on any atom is 0.264 e. The van der Waals surface area contributed by atoms with Crippen molar-refractivity contribution >= 4 is 55.1 Å². The van der Waals surface area contributed by atoms with Crippen molar-refractivity contribution in [3.05, 3.63) is 129 Å². The summed E-state index contributed by atoms with van der Waals surface area (Å²) in [6.45, 7) is 8.79. The van der Waals surface area contributed by atoms with Crippen molar-refractivity contribution in [1.29, 1.82) is 0 Å². The molecular formula is C36H39BrClN3O4S. The van der Waals surface area contributed by atoms with Crippen molar-refractivity contribution in [1.82, 2.24) is 10.2 Å². The second-order valence-electron chi connectivity index (χ2n) is 12.4. The van der Waals surface area contributed by atoms with Crippen LogP contribution in [0.3, 0.4) is 0 Å². The summed E-state index contributed by atoms with van der Waals surface area (Å²) in [4.78, 5) is 30.2. The summed E-state index contributed by atoms with van der Waals surface area (Å²) in [6.07, 6.45) is 0.229. The highest BCUT2D eigenvalue weighted by molar-refractivity contribution is 9.10. The van der Waals surface area contributed by atoms with Crippen molar-refractivity contribution in [3.63, 3.8) is 0 Å². The fourth-order valence-electron chi connectivity index (χ4n) is 5.09. The predicted molar refractivity (Wildman–Crippen MR) is 188 cm³/mol. The van der Waals surface area contributed by atoms with E-state index in [4.69, 9.17) is 11.6 Å². The number of carbonyl (C=O) groups is 2. The molecule has 1 N–H and O–H groups in total. The van der Waals surface area contributed by atoms with Crippen LogP contribution in [0.2, 0.25) is 5.02 Å². The summed E-state index contributed by atoms with van der Waals surface area (Å²) < 4.78 is 30.5. The first-order valence-corrected chi connectivity index (χ1v) is 17.5. The standard InChI is InChI=1S/C36H39BrClN3O4S/c1-25-14-17-31(18-15-25)46(44,45)41(32-19-16-30(38)20-26(32)2)24-34(42)40(23-28-12-9-13-29(37)21-28)33(35(43)39-36(3,4)5)22-27-10-7-6-8-11-27/h6-21,33H,22-24H2,1-5H3,(H,39,43)/t33-/m0/s1. The van der Waals surface area contributed by atoms with Crippen LogP contribution in [-0.4, -0.2) is 43.3 Å². The average molecular weight is 725 g/mol. The molecule has 0 fully saturated rings. The van der Waals surface area contributed by atoms with Gasteiger partial charge in [-0.05, 0) is 93.8 Å². The van der Waals surface area contributed by atoms with Gasteiger partial charge in [-0.3, -0.25) is 13.9 Å². The Hall–Kier alpha value is -3.66. The van der Waals surface area contributed by atoms with E-state index >= 15 is 0 Å². The van der Waals surface area contributed by atoms with Crippen molar-refractivity contribution < 1.29 is 18.0 Å². The number of amides is 2. The molecule has 0 radical (unpaired) electrons. The van der Waals surface area contributed by atoms with Gasteiger partial charge >= 0.3 is 0 Å². The average Bonchev–Trinajstić information content (AvgIpc) is 2.98. The van der Waals surface area contributed by atoms with Gasteiger partial charge in [0.1, 0.15) is 12.6 Å². The van der Waals surface area contributed by atoms with Gasteiger partial charge < -0.3 is 10.2 Å². The zero-order valence-electron chi connectivity index (χ0n) is 26.6. The number of halogens is 2. The van der Waals surface area contributed by atoms with Gasteiger partial charge in [-0.1, -0.05) is 87.7 Å². The number of nitrogens with one attached hydrogen (secondary N) is 1.